The van der Waals surface area contributed by atoms with Gasteiger partial charge in [-0.3, -0.25) is 0 Å². The molecule has 0 spiro atoms. The lowest BCUT2D eigenvalue weighted by Crippen LogP contribution is -1.86. The molecule has 0 aromatic heterocycles. The van der Waals surface area contributed by atoms with Crippen molar-refractivity contribution in [1.82, 2.24) is 0 Å². The molecule has 0 saturated heterocycles. The zero-order valence-electron chi connectivity index (χ0n) is 6.57. The molecule has 2 nitrogen and oxygen atoms in total. The second-order valence-corrected chi connectivity index (χ2v) is 2.86. The maximum absolute atomic E-state index is 12.8. The van der Waals surface area contributed by atoms with Crippen LogP contribution in [0.4, 0.5) is 4.39 Å². The first kappa shape index (κ1) is 9.80. The second kappa shape index (κ2) is 4.09. The van der Waals surface area contributed by atoms with E-state index in [4.69, 9.17) is 5.11 Å². The average molecular weight is 198 g/mol. The van der Waals surface area contributed by atoms with Crippen LogP contribution in [0.5, 0.6) is 0 Å². The van der Waals surface area contributed by atoms with Crippen LogP contribution in [0.3, 0.4) is 0 Å². The van der Waals surface area contributed by atoms with Crippen molar-refractivity contribution in [1.29, 1.82) is 0 Å². The number of hydrogen-bond donors (Lipinski definition) is 2. The standard InChI is InChI=1S/C9H7FO2S/c10-7-5-6(1-3-8(7)13)2-4-9(11)12/h1-5,13H,(H,11,12). The van der Waals surface area contributed by atoms with E-state index in [0.717, 1.165) is 6.08 Å². The minimum Gasteiger partial charge on any atom is -0.478 e. The lowest BCUT2D eigenvalue weighted by molar-refractivity contribution is -0.131. The molecule has 68 valence electrons. The molecule has 0 amide bonds. The highest BCUT2D eigenvalue weighted by Crippen LogP contribution is 2.14. The fourth-order valence-corrected chi connectivity index (χ4v) is 0.933. The van der Waals surface area contributed by atoms with Crippen molar-refractivity contribution >= 4 is 24.7 Å². The highest BCUT2D eigenvalue weighted by molar-refractivity contribution is 7.80. The first-order valence-electron chi connectivity index (χ1n) is 3.49. The SMILES string of the molecule is O=C(O)C=Cc1ccc(S)c(F)c1. The Hall–Kier alpha value is -1.29. The van der Waals surface area contributed by atoms with Crippen LogP contribution in [0, 0.1) is 5.82 Å². The molecule has 0 fully saturated rings. The lowest BCUT2D eigenvalue weighted by atomic mass is 10.2. The van der Waals surface area contributed by atoms with Crippen LogP contribution in [-0.4, -0.2) is 11.1 Å². The van der Waals surface area contributed by atoms with E-state index in [-0.39, 0.29) is 4.90 Å². The van der Waals surface area contributed by atoms with Crippen molar-refractivity contribution in [2.45, 2.75) is 4.90 Å². The van der Waals surface area contributed by atoms with Gasteiger partial charge >= 0.3 is 5.97 Å². The summed E-state index contributed by atoms with van der Waals surface area (Å²) >= 11 is 3.84. The number of benzene rings is 1. The number of halogens is 1. The Balaban J connectivity index is 2.92. The largest absolute Gasteiger partial charge is 0.478 e. The molecule has 1 rings (SSSR count). The van der Waals surface area contributed by atoms with Gasteiger partial charge in [-0.25, -0.2) is 9.18 Å². The van der Waals surface area contributed by atoms with Crippen molar-refractivity contribution in [3.63, 3.8) is 0 Å². The monoisotopic (exact) mass is 198 g/mol. The number of rotatable bonds is 2. The van der Waals surface area contributed by atoms with Crippen molar-refractivity contribution in [2.24, 2.45) is 0 Å². The van der Waals surface area contributed by atoms with Gasteiger partial charge in [-0.15, -0.1) is 12.6 Å². The summed E-state index contributed by atoms with van der Waals surface area (Å²) in [6.45, 7) is 0. The number of carboxylic acids is 1. The van der Waals surface area contributed by atoms with Crippen LogP contribution in [-0.2, 0) is 4.79 Å². The van der Waals surface area contributed by atoms with Gasteiger partial charge in [0.1, 0.15) is 5.82 Å². The topological polar surface area (TPSA) is 37.3 Å². The van der Waals surface area contributed by atoms with Gasteiger partial charge in [0.05, 0.1) is 0 Å². The van der Waals surface area contributed by atoms with Gasteiger partial charge in [0.15, 0.2) is 0 Å². The molecule has 0 aliphatic carbocycles. The highest BCUT2D eigenvalue weighted by Gasteiger charge is 1.97. The molecule has 0 aliphatic rings. The van der Waals surface area contributed by atoms with Gasteiger partial charge in [0.25, 0.3) is 0 Å². The van der Waals surface area contributed by atoms with E-state index in [9.17, 15) is 9.18 Å². The second-order valence-electron chi connectivity index (χ2n) is 2.38. The minimum atomic E-state index is -1.06. The molecule has 0 radical (unpaired) electrons. The highest BCUT2D eigenvalue weighted by atomic mass is 32.1. The summed E-state index contributed by atoms with van der Waals surface area (Å²) in [5.74, 6) is -1.52. The summed E-state index contributed by atoms with van der Waals surface area (Å²) in [5.41, 5.74) is 0.498. The van der Waals surface area contributed by atoms with Gasteiger partial charge in [0.2, 0.25) is 0 Å². The molecular weight excluding hydrogens is 191 g/mol. The summed E-state index contributed by atoms with van der Waals surface area (Å²) in [6.07, 6.45) is 2.27. The predicted molar refractivity (Wildman–Crippen MR) is 50.3 cm³/mol. The zero-order valence-corrected chi connectivity index (χ0v) is 7.46. The van der Waals surface area contributed by atoms with Gasteiger partial charge < -0.3 is 5.11 Å². The van der Waals surface area contributed by atoms with Gasteiger partial charge in [-0.05, 0) is 23.8 Å². The quantitative estimate of drug-likeness (QED) is 0.564. The van der Waals surface area contributed by atoms with Crippen molar-refractivity contribution in [3.05, 3.63) is 35.7 Å². The van der Waals surface area contributed by atoms with E-state index < -0.39 is 11.8 Å². The Bertz CT molecular complexity index is 361. The first-order chi connectivity index (χ1) is 6.09. The maximum atomic E-state index is 12.8. The Kier molecular flexibility index (Phi) is 3.08. The van der Waals surface area contributed by atoms with E-state index in [1.165, 1.54) is 18.2 Å². The van der Waals surface area contributed by atoms with E-state index in [1.807, 2.05) is 0 Å². The number of carbonyl (C=O) groups is 1. The minimum absolute atomic E-state index is 0.243. The Morgan fingerprint density at radius 2 is 2.23 bits per heavy atom. The Labute approximate surface area is 80.1 Å². The normalized spacial score (nSPS) is 10.6. The van der Waals surface area contributed by atoms with Crippen LogP contribution in [0.2, 0.25) is 0 Å². The molecule has 0 atom stereocenters. The Morgan fingerprint density at radius 1 is 1.54 bits per heavy atom. The summed E-state index contributed by atoms with van der Waals surface area (Å²) < 4.78 is 12.8. The summed E-state index contributed by atoms with van der Waals surface area (Å²) in [4.78, 5) is 10.4. The summed E-state index contributed by atoms with van der Waals surface area (Å²) in [5, 5.41) is 8.30. The third-order valence-electron chi connectivity index (χ3n) is 1.39. The zero-order chi connectivity index (χ0) is 9.84. The van der Waals surface area contributed by atoms with E-state index in [0.29, 0.717) is 5.56 Å². The fourth-order valence-electron chi connectivity index (χ4n) is 0.794. The molecule has 0 saturated carbocycles. The molecule has 0 aliphatic heterocycles. The van der Waals surface area contributed by atoms with Crippen molar-refractivity contribution in [3.8, 4) is 0 Å². The molecule has 0 unspecified atom stereocenters. The van der Waals surface area contributed by atoms with E-state index in [1.54, 1.807) is 6.07 Å². The number of carboxylic acid groups (broad SMARTS) is 1. The molecule has 4 heteroatoms. The smallest absolute Gasteiger partial charge is 0.328 e. The van der Waals surface area contributed by atoms with Crippen LogP contribution in [0.25, 0.3) is 6.08 Å². The molecular formula is C9H7FO2S. The third kappa shape index (κ3) is 2.91. The van der Waals surface area contributed by atoms with Crippen molar-refractivity contribution < 1.29 is 14.3 Å². The number of thiol groups is 1. The van der Waals surface area contributed by atoms with Crippen LogP contribution < -0.4 is 0 Å². The maximum Gasteiger partial charge on any atom is 0.328 e. The Morgan fingerprint density at radius 3 is 2.77 bits per heavy atom. The van der Waals surface area contributed by atoms with E-state index >= 15 is 0 Å². The molecule has 1 N–H and O–H groups in total. The number of hydrogen-bond acceptors (Lipinski definition) is 2. The van der Waals surface area contributed by atoms with E-state index in [2.05, 4.69) is 12.6 Å². The third-order valence-corrected chi connectivity index (χ3v) is 1.75. The molecule has 13 heavy (non-hydrogen) atoms. The van der Waals surface area contributed by atoms with Gasteiger partial charge in [-0.1, -0.05) is 6.07 Å². The first-order valence-corrected chi connectivity index (χ1v) is 3.94. The summed E-state index contributed by atoms with van der Waals surface area (Å²) in [6, 6.07) is 4.28. The molecule has 1 aromatic carbocycles. The van der Waals surface area contributed by atoms with Crippen molar-refractivity contribution in [2.75, 3.05) is 0 Å². The van der Waals surface area contributed by atoms with Gasteiger partial charge in [0, 0.05) is 11.0 Å². The molecule has 0 bridgehead atoms. The van der Waals surface area contributed by atoms with Gasteiger partial charge in [-0.2, -0.15) is 0 Å². The molecule has 1 aromatic rings. The average Bonchev–Trinajstić information content (AvgIpc) is 2.07. The van der Waals surface area contributed by atoms with Crippen LogP contribution in [0.15, 0.2) is 29.2 Å². The van der Waals surface area contributed by atoms with Crippen LogP contribution >= 0.6 is 12.6 Å². The lowest BCUT2D eigenvalue weighted by Gasteiger charge is -1.96. The summed E-state index contributed by atoms with van der Waals surface area (Å²) in [7, 11) is 0. The fraction of sp³-hybridized carbons (Fsp3) is 0. The van der Waals surface area contributed by atoms with Crippen LogP contribution in [0.1, 0.15) is 5.56 Å². The predicted octanol–water partition coefficient (Wildman–Crippen LogP) is 2.21. The number of aliphatic carboxylic acids is 1. The molecule has 0 heterocycles.